The number of methoxy groups -OCH3 is 1. The van der Waals surface area contributed by atoms with Gasteiger partial charge in [-0.25, -0.2) is 9.59 Å². The second kappa shape index (κ2) is 8.73. The third kappa shape index (κ3) is 4.48. The van der Waals surface area contributed by atoms with Crippen molar-refractivity contribution < 1.29 is 33.6 Å². The minimum atomic E-state index is -1.64. The number of esters is 2. The molecule has 7 heteroatoms. The monoisotopic (exact) mass is 400 g/mol. The molecular formula is C22H24O7. The normalized spacial score (nSPS) is 27.2. The first kappa shape index (κ1) is 21.0. The average molecular weight is 400 g/mol. The van der Waals surface area contributed by atoms with Crippen LogP contribution in [0.2, 0.25) is 0 Å². The van der Waals surface area contributed by atoms with Crippen molar-refractivity contribution in [2.75, 3.05) is 7.11 Å². The Labute approximate surface area is 169 Å². The van der Waals surface area contributed by atoms with E-state index in [1.54, 1.807) is 67.6 Å². The number of aliphatic hydroxyl groups is 1. The largest absolute Gasteiger partial charge is 0.456 e. The highest BCUT2D eigenvalue weighted by molar-refractivity contribution is 5.90. The van der Waals surface area contributed by atoms with Crippen LogP contribution in [0.15, 0.2) is 60.7 Å². The van der Waals surface area contributed by atoms with Gasteiger partial charge in [-0.1, -0.05) is 36.4 Å². The van der Waals surface area contributed by atoms with Gasteiger partial charge in [-0.2, -0.15) is 0 Å². The van der Waals surface area contributed by atoms with Crippen molar-refractivity contribution in [1.29, 1.82) is 0 Å². The molecule has 7 nitrogen and oxygen atoms in total. The molecule has 1 unspecified atom stereocenters. The molecule has 29 heavy (non-hydrogen) atoms. The van der Waals surface area contributed by atoms with Gasteiger partial charge in [0.25, 0.3) is 0 Å². The van der Waals surface area contributed by atoms with Gasteiger partial charge >= 0.3 is 11.9 Å². The van der Waals surface area contributed by atoms with Crippen LogP contribution in [0, 0.1) is 0 Å². The molecular weight excluding hydrogens is 376 g/mol. The third-order valence-electron chi connectivity index (χ3n) is 4.85. The second-order valence-corrected chi connectivity index (χ2v) is 7.06. The van der Waals surface area contributed by atoms with E-state index in [1.165, 1.54) is 14.0 Å². The van der Waals surface area contributed by atoms with Crippen molar-refractivity contribution in [3.05, 3.63) is 71.8 Å². The van der Waals surface area contributed by atoms with Crippen LogP contribution >= 0.6 is 0 Å². The quantitative estimate of drug-likeness (QED) is 0.745. The molecule has 1 saturated heterocycles. The van der Waals surface area contributed by atoms with E-state index in [0.717, 1.165) is 0 Å². The lowest BCUT2D eigenvalue weighted by atomic mass is 9.95. The molecule has 0 amide bonds. The van der Waals surface area contributed by atoms with Crippen LogP contribution < -0.4 is 0 Å². The number of carbonyl (C=O) groups excluding carboxylic acids is 2. The Morgan fingerprint density at radius 1 is 1.00 bits per heavy atom. The number of hydrogen-bond acceptors (Lipinski definition) is 7. The Balaban J connectivity index is 1.79. The lowest BCUT2D eigenvalue weighted by Gasteiger charge is -2.30. The van der Waals surface area contributed by atoms with Crippen LogP contribution in [0.25, 0.3) is 0 Å². The molecule has 2 aromatic carbocycles. The van der Waals surface area contributed by atoms with Gasteiger partial charge in [-0.15, -0.1) is 0 Å². The fourth-order valence-electron chi connectivity index (χ4n) is 3.29. The molecule has 154 valence electrons. The predicted octanol–water partition coefficient (Wildman–Crippen LogP) is 2.58. The summed E-state index contributed by atoms with van der Waals surface area (Å²) < 4.78 is 22.0. The summed E-state index contributed by atoms with van der Waals surface area (Å²) in [6.45, 7) is 3.07. The summed E-state index contributed by atoms with van der Waals surface area (Å²) in [5.41, 5.74) is -0.931. The van der Waals surface area contributed by atoms with Gasteiger partial charge in [0.05, 0.1) is 11.1 Å². The Morgan fingerprint density at radius 2 is 1.52 bits per heavy atom. The Kier molecular flexibility index (Phi) is 6.32. The zero-order valence-electron chi connectivity index (χ0n) is 16.5. The lowest BCUT2D eigenvalue weighted by molar-refractivity contribution is -0.190. The van der Waals surface area contributed by atoms with Gasteiger partial charge in [0, 0.05) is 7.11 Å². The summed E-state index contributed by atoms with van der Waals surface area (Å²) in [6.07, 6.45) is -3.91. The number of carbonyl (C=O) groups is 2. The van der Waals surface area contributed by atoms with Crippen molar-refractivity contribution in [1.82, 2.24) is 0 Å². The molecule has 1 fully saturated rings. The summed E-state index contributed by atoms with van der Waals surface area (Å²) in [5, 5.41) is 10.9. The van der Waals surface area contributed by atoms with Crippen molar-refractivity contribution in [3.63, 3.8) is 0 Å². The molecule has 0 spiro atoms. The second-order valence-electron chi connectivity index (χ2n) is 7.06. The van der Waals surface area contributed by atoms with Crippen molar-refractivity contribution >= 4 is 11.9 Å². The smallest absolute Gasteiger partial charge is 0.338 e. The first-order valence-electron chi connectivity index (χ1n) is 9.27. The molecule has 1 aliphatic rings. The highest BCUT2D eigenvalue weighted by Crippen LogP contribution is 2.36. The van der Waals surface area contributed by atoms with Crippen LogP contribution in [0.4, 0.5) is 0 Å². The van der Waals surface area contributed by atoms with Gasteiger partial charge in [-0.3, -0.25) is 0 Å². The van der Waals surface area contributed by atoms with E-state index in [9.17, 15) is 14.7 Å². The SMILES string of the molecule is COC1O[C@H]([C@@H](C)OC(=O)c2ccccc2)[C@@H](OC(=O)c2ccccc2)[C@@]1(C)O. The summed E-state index contributed by atoms with van der Waals surface area (Å²) in [5.74, 6) is -1.17. The van der Waals surface area contributed by atoms with Crippen LogP contribution in [0.1, 0.15) is 34.6 Å². The first-order valence-corrected chi connectivity index (χ1v) is 9.27. The van der Waals surface area contributed by atoms with E-state index in [1.807, 2.05) is 0 Å². The number of hydrogen-bond donors (Lipinski definition) is 1. The lowest BCUT2D eigenvalue weighted by Crippen LogP contribution is -2.50. The molecule has 3 rings (SSSR count). The van der Waals surface area contributed by atoms with Gasteiger partial charge in [-0.05, 0) is 38.1 Å². The zero-order valence-corrected chi connectivity index (χ0v) is 16.5. The fourth-order valence-corrected chi connectivity index (χ4v) is 3.29. The Hall–Kier alpha value is -2.74. The summed E-state index contributed by atoms with van der Waals surface area (Å²) in [7, 11) is 1.37. The van der Waals surface area contributed by atoms with Gasteiger partial charge < -0.3 is 24.1 Å². The fraction of sp³-hybridized carbons (Fsp3) is 0.364. The molecule has 0 aromatic heterocycles. The molecule has 1 heterocycles. The molecule has 0 saturated carbocycles. The summed E-state index contributed by atoms with van der Waals surface area (Å²) in [6, 6.07) is 16.9. The highest BCUT2D eigenvalue weighted by Gasteiger charge is 2.58. The minimum Gasteiger partial charge on any atom is -0.456 e. The molecule has 1 aliphatic heterocycles. The maximum atomic E-state index is 12.6. The Bertz CT molecular complexity index is 835. The van der Waals surface area contributed by atoms with Gasteiger partial charge in [0.2, 0.25) is 0 Å². The van der Waals surface area contributed by atoms with Crippen LogP contribution in [0.5, 0.6) is 0 Å². The van der Waals surface area contributed by atoms with Crippen LogP contribution in [-0.4, -0.2) is 54.4 Å². The van der Waals surface area contributed by atoms with Crippen molar-refractivity contribution in [2.24, 2.45) is 0 Å². The standard InChI is InChI=1S/C22H24O7/c1-14(27-19(23)15-10-6-4-7-11-15)17-18(22(2,25)21(26-3)28-17)29-20(24)16-12-8-5-9-13-16/h4-14,17-18,21,25H,1-3H3/t14-,17-,18-,21?,22-/m1/s1. The van der Waals surface area contributed by atoms with E-state index in [0.29, 0.717) is 11.1 Å². The van der Waals surface area contributed by atoms with E-state index in [2.05, 4.69) is 0 Å². The van der Waals surface area contributed by atoms with Crippen molar-refractivity contribution in [2.45, 2.75) is 44.1 Å². The molecule has 0 aliphatic carbocycles. The topological polar surface area (TPSA) is 91.3 Å². The summed E-state index contributed by atoms with van der Waals surface area (Å²) >= 11 is 0. The highest BCUT2D eigenvalue weighted by atomic mass is 16.7. The molecule has 5 atom stereocenters. The van der Waals surface area contributed by atoms with E-state index in [4.69, 9.17) is 18.9 Å². The molecule has 1 N–H and O–H groups in total. The maximum absolute atomic E-state index is 12.6. The van der Waals surface area contributed by atoms with E-state index >= 15 is 0 Å². The number of ether oxygens (including phenoxy) is 4. The van der Waals surface area contributed by atoms with E-state index < -0.39 is 42.1 Å². The Morgan fingerprint density at radius 3 is 2.03 bits per heavy atom. The number of benzene rings is 2. The predicted molar refractivity (Wildman–Crippen MR) is 103 cm³/mol. The van der Waals surface area contributed by atoms with Crippen LogP contribution in [0.3, 0.4) is 0 Å². The van der Waals surface area contributed by atoms with Crippen molar-refractivity contribution in [3.8, 4) is 0 Å². The minimum absolute atomic E-state index is 0.330. The number of rotatable bonds is 6. The molecule has 0 bridgehead atoms. The first-order chi connectivity index (χ1) is 13.8. The third-order valence-corrected chi connectivity index (χ3v) is 4.85. The zero-order chi connectivity index (χ0) is 21.0. The maximum Gasteiger partial charge on any atom is 0.338 e. The van der Waals surface area contributed by atoms with Gasteiger partial charge in [0.15, 0.2) is 18.0 Å². The van der Waals surface area contributed by atoms with Crippen LogP contribution in [-0.2, 0) is 18.9 Å². The summed E-state index contributed by atoms with van der Waals surface area (Å²) in [4.78, 5) is 25.0. The van der Waals surface area contributed by atoms with E-state index in [-0.39, 0.29) is 0 Å². The molecule has 0 radical (unpaired) electrons. The molecule has 2 aromatic rings. The average Bonchev–Trinajstić information content (AvgIpc) is 2.99. The van der Waals surface area contributed by atoms with Gasteiger partial charge in [0.1, 0.15) is 12.2 Å².